The van der Waals surface area contributed by atoms with E-state index >= 15 is 0 Å². The number of carbonyl (C=O) groups excluding carboxylic acids is 1. The highest BCUT2D eigenvalue weighted by atomic mass is 16.5. The number of aryl methyl sites for hydroxylation is 2. The first-order valence-corrected chi connectivity index (χ1v) is 12.4. The van der Waals surface area contributed by atoms with Crippen molar-refractivity contribution >= 4 is 5.91 Å². The minimum absolute atomic E-state index is 0.0991. The molecule has 35 heavy (non-hydrogen) atoms. The second-order valence-electron chi connectivity index (χ2n) is 9.21. The van der Waals surface area contributed by atoms with E-state index in [0.717, 1.165) is 47.3 Å². The van der Waals surface area contributed by atoms with Gasteiger partial charge in [0.05, 0.1) is 12.6 Å². The summed E-state index contributed by atoms with van der Waals surface area (Å²) in [5.41, 5.74) is 5.24. The summed E-state index contributed by atoms with van der Waals surface area (Å²) in [6.45, 7) is 7.80. The van der Waals surface area contributed by atoms with Gasteiger partial charge in [-0.05, 0) is 61.6 Å². The quantitative estimate of drug-likeness (QED) is 0.354. The molecule has 1 amide bonds. The van der Waals surface area contributed by atoms with Gasteiger partial charge in [-0.3, -0.25) is 9.89 Å². The minimum atomic E-state index is -0.345. The fourth-order valence-electron chi connectivity index (χ4n) is 4.82. The number of unbranched alkanes of at least 4 members (excludes halogenated alkanes) is 2. The molecular formula is C28H35N3O4. The summed E-state index contributed by atoms with van der Waals surface area (Å²) in [6, 6.07) is 11.5. The number of hydrogen-bond donors (Lipinski definition) is 2. The maximum atomic E-state index is 13.5. The van der Waals surface area contributed by atoms with Gasteiger partial charge >= 0.3 is 0 Å². The molecule has 1 aliphatic rings. The number of aromatic hydroxyl groups is 1. The summed E-state index contributed by atoms with van der Waals surface area (Å²) in [6.07, 6.45) is 3.99. The Bertz CT molecular complexity index is 1190. The Morgan fingerprint density at radius 2 is 1.94 bits per heavy atom. The van der Waals surface area contributed by atoms with Crippen molar-refractivity contribution in [1.29, 1.82) is 0 Å². The Balaban J connectivity index is 1.77. The summed E-state index contributed by atoms with van der Waals surface area (Å²) < 4.78 is 11.3. The van der Waals surface area contributed by atoms with E-state index in [2.05, 4.69) is 17.1 Å². The summed E-state index contributed by atoms with van der Waals surface area (Å²) in [4.78, 5) is 15.3. The van der Waals surface area contributed by atoms with Crippen LogP contribution >= 0.6 is 0 Å². The molecule has 0 bridgehead atoms. The number of H-pyrrole nitrogens is 1. The fraction of sp³-hybridized carbons (Fsp3) is 0.429. The number of nitrogens with zero attached hydrogens (tertiary/aromatic N) is 2. The lowest BCUT2D eigenvalue weighted by molar-refractivity contribution is 0.0723. The van der Waals surface area contributed by atoms with Crippen molar-refractivity contribution in [1.82, 2.24) is 15.1 Å². The number of nitrogens with one attached hydrogen (secondary N) is 1. The summed E-state index contributed by atoms with van der Waals surface area (Å²) in [5.74, 6) is 0.871. The standard InChI is InChI=1S/C28H35N3O4/c1-5-6-7-14-35-21-11-8-10-20(17-21)26-23-24(22-16-18(2)15-19(3)27(22)32)29-30-25(23)28(33)31(26)12-9-13-34-4/h8,10-11,15-17,26,32H,5-7,9,12-14H2,1-4H3,(H,29,30). The highest BCUT2D eigenvalue weighted by Gasteiger charge is 2.42. The highest BCUT2D eigenvalue weighted by molar-refractivity contribution is 6.00. The molecule has 0 saturated carbocycles. The van der Waals surface area contributed by atoms with Crippen molar-refractivity contribution in [3.05, 3.63) is 64.3 Å². The zero-order valence-electron chi connectivity index (χ0n) is 21.1. The average Bonchev–Trinajstić information content (AvgIpc) is 3.38. The SMILES string of the molecule is CCCCCOc1cccc(C2c3c(-c4cc(C)cc(C)c4O)n[nH]c3C(=O)N2CCCOC)c1. The third-order valence-corrected chi connectivity index (χ3v) is 6.50. The molecule has 2 N–H and O–H groups in total. The second kappa shape index (κ2) is 11.0. The number of rotatable bonds is 11. The van der Waals surface area contributed by atoms with Gasteiger partial charge < -0.3 is 19.5 Å². The molecule has 0 spiro atoms. The van der Waals surface area contributed by atoms with Crippen LogP contribution in [0.5, 0.6) is 11.5 Å². The Morgan fingerprint density at radius 1 is 1.11 bits per heavy atom. The van der Waals surface area contributed by atoms with Crippen LogP contribution in [-0.2, 0) is 4.74 Å². The van der Waals surface area contributed by atoms with Gasteiger partial charge in [0.2, 0.25) is 0 Å². The molecule has 186 valence electrons. The van der Waals surface area contributed by atoms with Gasteiger partial charge in [-0.2, -0.15) is 5.10 Å². The normalized spacial score (nSPS) is 15.0. The van der Waals surface area contributed by atoms with Gasteiger partial charge in [0.1, 0.15) is 22.9 Å². The summed E-state index contributed by atoms with van der Waals surface area (Å²) in [7, 11) is 1.66. The Hall–Kier alpha value is -3.32. The maximum Gasteiger partial charge on any atom is 0.273 e. The van der Waals surface area contributed by atoms with Crippen LogP contribution < -0.4 is 4.74 Å². The number of methoxy groups -OCH3 is 1. The lowest BCUT2D eigenvalue weighted by atomic mass is 9.94. The molecule has 1 aromatic heterocycles. The molecule has 7 heteroatoms. The van der Waals surface area contributed by atoms with E-state index in [4.69, 9.17) is 9.47 Å². The molecule has 2 aromatic carbocycles. The van der Waals surface area contributed by atoms with E-state index in [0.29, 0.717) is 43.1 Å². The van der Waals surface area contributed by atoms with Crippen LogP contribution in [0.1, 0.15) is 71.4 Å². The number of carbonyl (C=O) groups is 1. The molecule has 3 aromatic rings. The average molecular weight is 478 g/mol. The number of ether oxygens (including phenoxy) is 2. The van der Waals surface area contributed by atoms with Crippen LogP contribution in [0.2, 0.25) is 0 Å². The Kier molecular flexibility index (Phi) is 7.76. The van der Waals surface area contributed by atoms with E-state index in [9.17, 15) is 9.90 Å². The van der Waals surface area contributed by atoms with Gasteiger partial charge in [-0.1, -0.05) is 38.0 Å². The number of phenols is 1. The molecule has 2 heterocycles. The largest absolute Gasteiger partial charge is 0.507 e. The number of benzene rings is 2. The number of amides is 1. The predicted octanol–water partition coefficient (Wildman–Crippen LogP) is 5.55. The number of aromatic amines is 1. The molecule has 1 atom stereocenters. The first-order valence-electron chi connectivity index (χ1n) is 12.4. The number of fused-ring (bicyclic) bond motifs is 1. The van der Waals surface area contributed by atoms with Crippen LogP contribution in [-0.4, -0.2) is 53.0 Å². The van der Waals surface area contributed by atoms with Crippen molar-refractivity contribution in [3.8, 4) is 22.8 Å². The van der Waals surface area contributed by atoms with E-state index in [1.165, 1.54) is 0 Å². The minimum Gasteiger partial charge on any atom is -0.507 e. The van der Waals surface area contributed by atoms with Gasteiger partial charge in [-0.15, -0.1) is 0 Å². The number of aromatic nitrogens is 2. The Labute approximate surface area is 207 Å². The third kappa shape index (κ3) is 5.05. The van der Waals surface area contributed by atoms with E-state index in [-0.39, 0.29) is 17.7 Å². The number of hydrogen-bond acceptors (Lipinski definition) is 5. The molecule has 7 nitrogen and oxygen atoms in total. The molecule has 0 fully saturated rings. The predicted molar refractivity (Wildman–Crippen MR) is 136 cm³/mol. The molecule has 1 unspecified atom stereocenters. The van der Waals surface area contributed by atoms with E-state index in [1.807, 2.05) is 55.1 Å². The summed E-state index contributed by atoms with van der Waals surface area (Å²) in [5, 5.41) is 18.4. The van der Waals surface area contributed by atoms with Gasteiger partial charge in [0.15, 0.2) is 0 Å². The smallest absolute Gasteiger partial charge is 0.273 e. The second-order valence-corrected chi connectivity index (χ2v) is 9.21. The molecule has 0 saturated heterocycles. The number of phenolic OH excluding ortho intramolecular Hbond substituents is 1. The first kappa shape index (κ1) is 24.8. The van der Waals surface area contributed by atoms with Crippen molar-refractivity contribution in [2.75, 3.05) is 26.9 Å². The molecular weight excluding hydrogens is 442 g/mol. The Morgan fingerprint density at radius 3 is 2.71 bits per heavy atom. The zero-order valence-corrected chi connectivity index (χ0v) is 21.1. The maximum absolute atomic E-state index is 13.5. The van der Waals surface area contributed by atoms with Crippen molar-refractivity contribution in [2.45, 2.75) is 52.5 Å². The topological polar surface area (TPSA) is 87.7 Å². The van der Waals surface area contributed by atoms with Gasteiger partial charge in [0.25, 0.3) is 5.91 Å². The first-order chi connectivity index (χ1) is 17.0. The van der Waals surface area contributed by atoms with E-state index < -0.39 is 0 Å². The third-order valence-electron chi connectivity index (χ3n) is 6.50. The fourth-order valence-corrected chi connectivity index (χ4v) is 4.82. The molecule has 0 aliphatic carbocycles. The lowest BCUT2D eigenvalue weighted by Crippen LogP contribution is -2.31. The van der Waals surface area contributed by atoms with Crippen molar-refractivity contribution < 1.29 is 19.4 Å². The molecule has 1 aliphatic heterocycles. The van der Waals surface area contributed by atoms with Crippen LogP contribution in [0.4, 0.5) is 0 Å². The molecule has 0 radical (unpaired) electrons. The van der Waals surface area contributed by atoms with Crippen LogP contribution in [0.3, 0.4) is 0 Å². The molecule has 4 rings (SSSR count). The zero-order chi connectivity index (χ0) is 24.9. The highest BCUT2D eigenvalue weighted by Crippen LogP contribution is 2.45. The van der Waals surface area contributed by atoms with Crippen molar-refractivity contribution in [2.24, 2.45) is 0 Å². The van der Waals surface area contributed by atoms with Crippen LogP contribution in [0.25, 0.3) is 11.3 Å². The van der Waals surface area contributed by atoms with Crippen LogP contribution in [0, 0.1) is 13.8 Å². The van der Waals surface area contributed by atoms with Gasteiger partial charge in [0, 0.05) is 31.4 Å². The van der Waals surface area contributed by atoms with E-state index in [1.54, 1.807) is 7.11 Å². The van der Waals surface area contributed by atoms with Crippen LogP contribution in [0.15, 0.2) is 36.4 Å². The summed E-state index contributed by atoms with van der Waals surface area (Å²) >= 11 is 0. The monoisotopic (exact) mass is 477 g/mol. The van der Waals surface area contributed by atoms with Gasteiger partial charge in [-0.25, -0.2) is 0 Å². The lowest BCUT2D eigenvalue weighted by Gasteiger charge is -2.27. The van der Waals surface area contributed by atoms with Crippen molar-refractivity contribution in [3.63, 3.8) is 0 Å².